The van der Waals surface area contributed by atoms with Crippen LogP contribution >= 0.6 is 0 Å². The lowest BCUT2D eigenvalue weighted by atomic mass is 10.1. The predicted molar refractivity (Wildman–Crippen MR) is 52.5 cm³/mol. The maximum atomic E-state index is 13.6. The number of carbonyl (C=O) groups is 1. The van der Waals surface area contributed by atoms with Gasteiger partial charge in [-0.05, 0) is 6.07 Å². The van der Waals surface area contributed by atoms with Crippen LogP contribution in [0.15, 0.2) is 18.2 Å². The maximum absolute atomic E-state index is 13.6. The number of carbonyl (C=O) groups excluding carboxylic acids is 1. The summed E-state index contributed by atoms with van der Waals surface area (Å²) in [5.74, 6) is -1.53. The van der Waals surface area contributed by atoms with Crippen LogP contribution in [-0.4, -0.2) is 23.3 Å². The predicted octanol–water partition coefficient (Wildman–Crippen LogP) is 0.763. The van der Waals surface area contributed by atoms with Gasteiger partial charge >= 0.3 is 0 Å². The van der Waals surface area contributed by atoms with E-state index < -0.39 is 24.2 Å². The molecule has 1 amide bonds. The van der Waals surface area contributed by atoms with Crippen LogP contribution in [0.1, 0.15) is 18.1 Å². The molecule has 0 bridgehead atoms. The van der Waals surface area contributed by atoms with Crippen molar-refractivity contribution in [2.75, 3.05) is 7.11 Å². The van der Waals surface area contributed by atoms with E-state index in [1.807, 2.05) is 0 Å². The molecule has 16 heavy (non-hydrogen) atoms. The second-order valence-corrected chi connectivity index (χ2v) is 3.12. The molecule has 1 aromatic rings. The highest BCUT2D eigenvalue weighted by atomic mass is 19.1. The summed E-state index contributed by atoms with van der Waals surface area (Å²) in [4.78, 5) is 10.8. The summed E-state index contributed by atoms with van der Waals surface area (Å²) < 4.78 is 18.3. The van der Waals surface area contributed by atoms with Crippen LogP contribution in [0.3, 0.4) is 0 Å². The number of hydrogen-bond donors (Lipinski definition) is 3. The van der Waals surface area contributed by atoms with Gasteiger partial charge in [0, 0.05) is 5.56 Å². The fourth-order valence-electron chi connectivity index (χ4n) is 1.27. The maximum Gasteiger partial charge on any atom is 0.246 e. The molecule has 3 N–H and O–H groups in total. The molecule has 0 heterocycles. The zero-order valence-corrected chi connectivity index (χ0v) is 8.61. The van der Waals surface area contributed by atoms with Crippen molar-refractivity contribution in [1.29, 1.82) is 0 Å². The highest BCUT2D eigenvalue weighted by Crippen LogP contribution is 2.26. The fourth-order valence-corrected chi connectivity index (χ4v) is 1.27. The SMILES string of the molecule is COc1cccc(C(O)CC(=O)NO)c1F. The van der Waals surface area contributed by atoms with Crippen molar-refractivity contribution in [2.45, 2.75) is 12.5 Å². The molecule has 5 nitrogen and oxygen atoms in total. The molecule has 1 rings (SSSR count). The van der Waals surface area contributed by atoms with E-state index in [1.165, 1.54) is 30.8 Å². The highest BCUT2D eigenvalue weighted by molar-refractivity contribution is 5.75. The average Bonchev–Trinajstić information content (AvgIpc) is 2.29. The van der Waals surface area contributed by atoms with Crippen molar-refractivity contribution in [3.8, 4) is 5.75 Å². The van der Waals surface area contributed by atoms with Gasteiger partial charge in [-0.1, -0.05) is 12.1 Å². The Labute approximate surface area is 91.4 Å². The summed E-state index contributed by atoms with van der Waals surface area (Å²) in [6, 6.07) is 4.24. The third kappa shape index (κ3) is 2.68. The van der Waals surface area contributed by atoms with E-state index in [0.717, 1.165) is 0 Å². The number of rotatable bonds is 4. The molecule has 88 valence electrons. The Hall–Kier alpha value is -1.66. The topological polar surface area (TPSA) is 78.8 Å². The summed E-state index contributed by atoms with van der Waals surface area (Å²) >= 11 is 0. The normalized spacial score (nSPS) is 12.0. The van der Waals surface area contributed by atoms with E-state index in [4.69, 9.17) is 9.94 Å². The first kappa shape index (κ1) is 12.4. The summed E-state index contributed by atoms with van der Waals surface area (Å²) in [6.45, 7) is 0. The average molecular weight is 229 g/mol. The lowest BCUT2D eigenvalue weighted by Crippen LogP contribution is -2.21. The summed E-state index contributed by atoms with van der Waals surface area (Å²) in [5, 5.41) is 17.8. The fraction of sp³-hybridized carbons (Fsp3) is 0.300. The van der Waals surface area contributed by atoms with Crippen LogP contribution in [0.5, 0.6) is 5.75 Å². The number of methoxy groups -OCH3 is 1. The Kier molecular flexibility index (Phi) is 4.21. The number of hydrogen-bond acceptors (Lipinski definition) is 4. The number of nitrogens with one attached hydrogen (secondary N) is 1. The van der Waals surface area contributed by atoms with Crippen LogP contribution in [0, 0.1) is 5.82 Å². The summed E-state index contributed by atoms with van der Waals surface area (Å²) in [5.41, 5.74) is 1.31. The van der Waals surface area contributed by atoms with Gasteiger partial charge in [0.05, 0.1) is 19.6 Å². The van der Waals surface area contributed by atoms with Crippen LogP contribution in [0.25, 0.3) is 0 Å². The molecule has 0 aliphatic carbocycles. The Balaban J connectivity index is 2.91. The van der Waals surface area contributed by atoms with Gasteiger partial charge in [0.1, 0.15) is 0 Å². The number of aliphatic hydroxyl groups is 1. The first-order chi connectivity index (χ1) is 7.60. The minimum atomic E-state index is -1.33. The molecule has 0 spiro atoms. The zero-order chi connectivity index (χ0) is 12.1. The third-order valence-corrected chi connectivity index (χ3v) is 2.08. The molecule has 1 unspecified atom stereocenters. The molecular weight excluding hydrogens is 217 g/mol. The van der Waals surface area contributed by atoms with Crippen LogP contribution < -0.4 is 10.2 Å². The van der Waals surface area contributed by atoms with Crippen LogP contribution in [0.4, 0.5) is 4.39 Å². The monoisotopic (exact) mass is 229 g/mol. The smallest absolute Gasteiger partial charge is 0.246 e. The van der Waals surface area contributed by atoms with Gasteiger partial charge < -0.3 is 9.84 Å². The van der Waals surface area contributed by atoms with E-state index >= 15 is 0 Å². The lowest BCUT2D eigenvalue weighted by molar-refractivity contribution is -0.131. The minimum absolute atomic E-state index is 0.0130. The number of aliphatic hydroxyl groups excluding tert-OH is 1. The quantitative estimate of drug-likeness (QED) is 0.526. The van der Waals surface area contributed by atoms with Gasteiger partial charge in [0.15, 0.2) is 11.6 Å². The minimum Gasteiger partial charge on any atom is -0.494 e. The molecule has 0 radical (unpaired) electrons. The molecule has 6 heteroatoms. The molecule has 1 atom stereocenters. The van der Waals surface area contributed by atoms with Crippen molar-refractivity contribution < 1.29 is 24.2 Å². The van der Waals surface area contributed by atoms with Crippen molar-refractivity contribution in [1.82, 2.24) is 5.48 Å². The van der Waals surface area contributed by atoms with E-state index in [2.05, 4.69) is 0 Å². The van der Waals surface area contributed by atoms with Gasteiger partial charge in [0.25, 0.3) is 0 Å². The standard InChI is InChI=1S/C10H12FNO4/c1-16-8-4-2-3-6(10(8)11)7(13)5-9(14)12-15/h2-4,7,13,15H,5H2,1H3,(H,12,14). The van der Waals surface area contributed by atoms with Gasteiger partial charge in [-0.15, -0.1) is 0 Å². The first-order valence-corrected chi connectivity index (χ1v) is 4.53. The number of benzene rings is 1. The van der Waals surface area contributed by atoms with Gasteiger partial charge in [-0.2, -0.15) is 0 Å². The van der Waals surface area contributed by atoms with Crippen LogP contribution in [-0.2, 0) is 4.79 Å². The molecule has 0 fully saturated rings. The second kappa shape index (κ2) is 5.43. The zero-order valence-electron chi connectivity index (χ0n) is 8.61. The third-order valence-electron chi connectivity index (χ3n) is 2.08. The molecule has 0 saturated heterocycles. The van der Waals surface area contributed by atoms with Gasteiger partial charge in [0.2, 0.25) is 5.91 Å². The molecule has 0 aromatic heterocycles. The Morgan fingerprint density at radius 1 is 1.62 bits per heavy atom. The van der Waals surface area contributed by atoms with E-state index in [1.54, 1.807) is 0 Å². The molecule has 0 aliphatic heterocycles. The van der Waals surface area contributed by atoms with Crippen molar-refractivity contribution >= 4 is 5.91 Å². The van der Waals surface area contributed by atoms with E-state index in [9.17, 15) is 14.3 Å². The molecule has 1 aromatic carbocycles. The number of ether oxygens (including phenoxy) is 1. The number of hydroxylamine groups is 1. The first-order valence-electron chi connectivity index (χ1n) is 4.53. The molecule has 0 saturated carbocycles. The Bertz CT molecular complexity index is 383. The van der Waals surface area contributed by atoms with Crippen LogP contribution in [0.2, 0.25) is 0 Å². The number of halogens is 1. The lowest BCUT2D eigenvalue weighted by Gasteiger charge is -2.12. The van der Waals surface area contributed by atoms with Crippen molar-refractivity contribution in [2.24, 2.45) is 0 Å². The van der Waals surface area contributed by atoms with Crippen molar-refractivity contribution in [3.63, 3.8) is 0 Å². The highest BCUT2D eigenvalue weighted by Gasteiger charge is 2.18. The van der Waals surface area contributed by atoms with Crippen molar-refractivity contribution in [3.05, 3.63) is 29.6 Å². The Morgan fingerprint density at radius 3 is 2.88 bits per heavy atom. The van der Waals surface area contributed by atoms with E-state index in [-0.39, 0.29) is 11.3 Å². The van der Waals surface area contributed by atoms with Gasteiger partial charge in [-0.25, -0.2) is 9.87 Å². The largest absolute Gasteiger partial charge is 0.494 e. The summed E-state index contributed by atoms with van der Waals surface area (Å²) in [6.07, 6.45) is -1.76. The molecule has 0 aliphatic rings. The van der Waals surface area contributed by atoms with Gasteiger partial charge in [-0.3, -0.25) is 10.0 Å². The van der Waals surface area contributed by atoms with E-state index in [0.29, 0.717) is 0 Å². The Morgan fingerprint density at radius 2 is 2.31 bits per heavy atom. The second-order valence-electron chi connectivity index (χ2n) is 3.12. The molecular formula is C10H12FNO4. The number of amides is 1. The summed E-state index contributed by atoms with van der Waals surface area (Å²) in [7, 11) is 1.30.